The van der Waals surface area contributed by atoms with Gasteiger partial charge < -0.3 is 5.32 Å². The predicted octanol–water partition coefficient (Wildman–Crippen LogP) is 1.32. The van der Waals surface area contributed by atoms with Crippen LogP contribution < -0.4 is 9.62 Å². The normalized spacial score (nSPS) is 11.7. The zero-order valence-electron chi connectivity index (χ0n) is 14.4. The Hall–Kier alpha value is -3.01. The first kappa shape index (κ1) is 17.8. The fourth-order valence-corrected chi connectivity index (χ4v) is 2.92. The van der Waals surface area contributed by atoms with Crippen LogP contribution in [0.4, 0.5) is 11.5 Å². The molecule has 0 atom stereocenters. The van der Waals surface area contributed by atoms with Gasteiger partial charge in [-0.3, -0.25) is 9.78 Å². The second kappa shape index (κ2) is 6.71. The number of nitrogens with one attached hydrogen (secondary N) is 1. The predicted molar refractivity (Wildman–Crippen MR) is 96.9 cm³/mol. The third kappa shape index (κ3) is 3.64. The van der Waals surface area contributed by atoms with Gasteiger partial charge in [0.2, 0.25) is 10.9 Å². The molecule has 0 aliphatic carbocycles. The number of rotatable bonds is 4. The quantitative estimate of drug-likeness (QED) is 0.667. The van der Waals surface area contributed by atoms with Gasteiger partial charge in [0.05, 0.1) is 18.1 Å². The molecular formula is C16H18N6O3S. The van der Waals surface area contributed by atoms with Crippen molar-refractivity contribution in [2.45, 2.75) is 26.3 Å². The monoisotopic (exact) mass is 374 g/mol. The first-order chi connectivity index (χ1) is 12.3. The Bertz CT molecular complexity index is 1020. The molecule has 1 amide bonds. The van der Waals surface area contributed by atoms with Crippen LogP contribution in [0.15, 0.2) is 43.0 Å². The summed E-state index contributed by atoms with van der Waals surface area (Å²) in [5.74, 6) is -0.191. The molecule has 0 aliphatic heterocycles. The number of aromatic nitrogens is 4. The molecule has 0 bridgehead atoms. The van der Waals surface area contributed by atoms with Crippen molar-refractivity contribution in [3.8, 4) is 0 Å². The summed E-state index contributed by atoms with van der Waals surface area (Å²) in [6.45, 7) is 5.59. The van der Waals surface area contributed by atoms with Crippen molar-refractivity contribution in [3.63, 3.8) is 0 Å². The molecule has 0 radical (unpaired) electrons. The topological polar surface area (TPSA) is 110 Å². The number of anilines is 2. The molecule has 0 aromatic carbocycles. The first-order valence-electron chi connectivity index (χ1n) is 7.77. The number of carbonyl (C=O) groups excluding carboxylic acids is 1. The standard InChI is InChI=1S/C16H18N6O3S/c1-16(2,3)20-15(23)12-10-18-21-8-6-13(19-14(12)21)22(26(24)25)11-5-4-7-17-9-11/h4-10,26H,1-3H3,(H,20,23). The Morgan fingerprint density at radius 1 is 1.23 bits per heavy atom. The minimum Gasteiger partial charge on any atom is -0.347 e. The van der Waals surface area contributed by atoms with E-state index in [1.807, 2.05) is 20.8 Å². The lowest BCUT2D eigenvalue weighted by atomic mass is 10.1. The molecule has 26 heavy (non-hydrogen) atoms. The zero-order chi connectivity index (χ0) is 18.9. The molecule has 0 unspecified atom stereocenters. The van der Waals surface area contributed by atoms with Gasteiger partial charge in [0, 0.05) is 24.0 Å². The minimum absolute atomic E-state index is 0.145. The van der Waals surface area contributed by atoms with Gasteiger partial charge in [0.25, 0.3) is 5.91 Å². The fourth-order valence-electron chi connectivity index (χ4n) is 2.33. The molecule has 3 aromatic heterocycles. The third-order valence-corrected chi connectivity index (χ3v) is 4.12. The Kier molecular flexibility index (Phi) is 4.60. The Morgan fingerprint density at radius 2 is 2.00 bits per heavy atom. The van der Waals surface area contributed by atoms with Crippen molar-refractivity contribution in [3.05, 3.63) is 48.5 Å². The van der Waals surface area contributed by atoms with E-state index < -0.39 is 16.4 Å². The largest absolute Gasteiger partial charge is 0.347 e. The van der Waals surface area contributed by atoms with Crippen molar-refractivity contribution in [1.82, 2.24) is 24.9 Å². The van der Waals surface area contributed by atoms with Crippen LogP contribution >= 0.6 is 0 Å². The fraction of sp³-hybridized carbons (Fsp3) is 0.250. The van der Waals surface area contributed by atoms with Crippen LogP contribution in [0.3, 0.4) is 0 Å². The molecule has 3 aromatic rings. The highest BCUT2D eigenvalue weighted by atomic mass is 32.2. The summed E-state index contributed by atoms with van der Waals surface area (Å²) in [6.07, 6.45) is 5.91. The van der Waals surface area contributed by atoms with Crippen LogP contribution in [0.1, 0.15) is 31.1 Å². The van der Waals surface area contributed by atoms with Gasteiger partial charge in [-0.05, 0) is 32.9 Å². The van der Waals surface area contributed by atoms with Gasteiger partial charge in [-0.2, -0.15) is 5.10 Å². The van der Waals surface area contributed by atoms with E-state index in [-0.39, 0.29) is 22.9 Å². The molecule has 0 saturated carbocycles. The van der Waals surface area contributed by atoms with E-state index in [2.05, 4.69) is 20.4 Å². The van der Waals surface area contributed by atoms with E-state index in [1.165, 1.54) is 23.0 Å². The van der Waals surface area contributed by atoms with Crippen LogP contribution in [0.5, 0.6) is 0 Å². The first-order valence-corrected chi connectivity index (χ1v) is 8.91. The molecule has 9 nitrogen and oxygen atoms in total. The summed E-state index contributed by atoms with van der Waals surface area (Å²) < 4.78 is 26.0. The van der Waals surface area contributed by atoms with Crippen LogP contribution in [0.25, 0.3) is 5.65 Å². The third-order valence-electron chi connectivity index (χ3n) is 3.36. The van der Waals surface area contributed by atoms with Crippen LogP contribution in [0.2, 0.25) is 0 Å². The highest BCUT2D eigenvalue weighted by Crippen LogP contribution is 2.24. The summed E-state index contributed by atoms with van der Waals surface area (Å²) in [6, 6.07) is 4.73. The van der Waals surface area contributed by atoms with Crippen LogP contribution in [-0.4, -0.2) is 39.4 Å². The second-order valence-electron chi connectivity index (χ2n) is 6.58. The SMILES string of the molecule is CC(C)(C)NC(=O)c1cnn2ccc(N(c3cccnc3)[SH](=O)=O)nc12. The number of carbonyl (C=O) groups is 1. The summed E-state index contributed by atoms with van der Waals surface area (Å²) in [7, 11) is -3.00. The zero-order valence-corrected chi connectivity index (χ0v) is 15.3. The number of nitrogens with zero attached hydrogens (tertiary/aromatic N) is 5. The molecule has 3 rings (SSSR count). The molecule has 0 saturated heterocycles. The summed E-state index contributed by atoms with van der Waals surface area (Å²) in [5.41, 5.74) is 0.438. The number of amides is 1. The molecule has 136 valence electrons. The van der Waals surface area contributed by atoms with Gasteiger partial charge in [-0.1, -0.05) is 0 Å². The highest BCUT2D eigenvalue weighted by molar-refractivity contribution is 7.74. The van der Waals surface area contributed by atoms with Crippen molar-refractivity contribution < 1.29 is 13.2 Å². The van der Waals surface area contributed by atoms with E-state index in [4.69, 9.17) is 0 Å². The van der Waals surface area contributed by atoms with E-state index in [9.17, 15) is 13.2 Å². The van der Waals surface area contributed by atoms with E-state index in [0.29, 0.717) is 5.69 Å². The lowest BCUT2D eigenvalue weighted by molar-refractivity contribution is 0.0921. The van der Waals surface area contributed by atoms with E-state index in [1.54, 1.807) is 24.5 Å². The van der Waals surface area contributed by atoms with Crippen molar-refractivity contribution in [2.75, 3.05) is 4.31 Å². The average molecular weight is 374 g/mol. The van der Waals surface area contributed by atoms with Gasteiger partial charge in [0.15, 0.2) is 11.5 Å². The Labute approximate surface area is 151 Å². The number of hydrogen-bond donors (Lipinski definition) is 2. The van der Waals surface area contributed by atoms with Crippen LogP contribution in [0, 0.1) is 0 Å². The molecular weight excluding hydrogens is 356 g/mol. The van der Waals surface area contributed by atoms with Crippen LogP contribution in [-0.2, 0) is 10.9 Å². The maximum Gasteiger partial charge on any atom is 0.257 e. The summed E-state index contributed by atoms with van der Waals surface area (Å²) in [5, 5.41) is 6.94. The van der Waals surface area contributed by atoms with Crippen molar-refractivity contribution in [1.29, 1.82) is 0 Å². The van der Waals surface area contributed by atoms with Gasteiger partial charge in [-0.25, -0.2) is 22.2 Å². The maximum atomic E-state index is 12.5. The van der Waals surface area contributed by atoms with Gasteiger partial charge >= 0.3 is 0 Å². The number of pyridine rings is 1. The minimum atomic E-state index is -3.00. The Morgan fingerprint density at radius 3 is 2.62 bits per heavy atom. The van der Waals surface area contributed by atoms with Gasteiger partial charge in [-0.15, -0.1) is 0 Å². The average Bonchev–Trinajstić information content (AvgIpc) is 2.97. The molecule has 0 fully saturated rings. The molecule has 0 aliphatic rings. The van der Waals surface area contributed by atoms with E-state index in [0.717, 1.165) is 4.31 Å². The van der Waals surface area contributed by atoms with E-state index >= 15 is 0 Å². The van der Waals surface area contributed by atoms with Gasteiger partial charge in [0.1, 0.15) is 5.56 Å². The molecule has 0 spiro atoms. The summed E-state index contributed by atoms with van der Waals surface area (Å²) >= 11 is 0. The number of thiol groups is 1. The van der Waals surface area contributed by atoms with Crippen molar-refractivity contribution >= 4 is 33.9 Å². The highest BCUT2D eigenvalue weighted by Gasteiger charge is 2.21. The summed E-state index contributed by atoms with van der Waals surface area (Å²) in [4.78, 5) is 20.7. The Balaban J connectivity index is 2.08. The number of hydrogen-bond acceptors (Lipinski definition) is 6. The second-order valence-corrected chi connectivity index (χ2v) is 7.45. The smallest absolute Gasteiger partial charge is 0.257 e. The maximum absolute atomic E-state index is 12.5. The lowest BCUT2D eigenvalue weighted by Crippen LogP contribution is -2.40. The molecule has 10 heteroatoms. The lowest BCUT2D eigenvalue weighted by Gasteiger charge is -2.20. The van der Waals surface area contributed by atoms with Crippen molar-refractivity contribution in [2.24, 2.45) is 0 Å². The molecule has 1 N–H and O–H groups in total. The number of fused-ring (bicyclic) bond motifs is 1. The molecule has 3 heterocycles.